The molecule has 1 heterocycles. The Labute approximate surface area is 161 Å². The predicted octanol–water partition coefficient (Wildman–Crippen LogP) is 4.62. The number of ether oxygens (including phenoxy) is 1. The van der Waals surface area contributed by atoms with Gasteiger partial charge in [0.2, 0.25) is 0 Å². The van der Waals surface area contributed by atoms with Gasteiger partial charge in [-0.1, -0.05) is 11.6 Å². The van der Waals surface area contributed by atoms with Gasteiger partial charge in [0, 0.05) is 32.2 Å². The quantitative estimate of drug-likeness (QED) is 0.694. The second kappa shape index (κ2) is 10.6. The number of halogens is 7. The number of benzene rings is 1. The maximum atomic E-state index is 14.1. The first-order valence-corrected chi connectivity index (χ1v) is 7.83. The summed E-state index contributed by atoms with van der Waals surface area (Å²) in [5, 5.41) is 3.08. The largest absolute Gasteiger partial charge is 0.489 e. The summed E-state index contributed by atoms with van der Waals surface area (Å²) in [6, 6.07) is 1.50. The fourth-order valence-corrected chi connectivity index (χ4v) is 3.00. The smallest absolute Gasteiger partial charge is 0.390 e. The lowest BCUT2D eigenvalue weighted by Crippen LogP contribution is -2.46. The average molecular weight is 428 g/mol. The van der Waals surface area contributed by atoms with E-state index in [4.69, 9.17) is 16.3 Å². The predicted molar refractivity (Wildman–Crippen MR) is 94.9 cm³/mol. The number of hydrogen-bond acceptors (Lipinski definition) is 3. The minimum Gasteiger partial charge on any atom is -0.489 e. The Kier molecular flexibility index (Phi) is 10.4. The van der Waals surface area contributed by atoms with E-state index in [9.17, 15) is 17.6 Å². The fourth-order valence-electron chi connectivity index (χ4n) is 2.72. The molecule has 146 valence electrons. The van der Waals surface area contributed by atoms with Crippen LogP contribution in [0.3, 0.4) is 0 Å². The molecule has 2 rings (SSSR count). The molecular formula is C15H21Cl3F4N2O. The number of rotatable bonds is 5. The molecule has 1 aliphatic rings. The second-order valence-electron chi connectivity index (χ2n) is 5.37. The summed E-state index contributed by atoms with van der Waals surface area (Å²) in [5.74, 6) is -0.861. The van der Waals surface area contributed by atoms with Crippen LogP contribution in [0.15, 0.2) is 12.1 Å². The lowest BCUT2D eigenvalue weighted by molar-refractivity contribution is -0.148. The van der Waals surface area contributed by atoms with Crippen molar-refractivity contribution in [3.63, 3.8) is 0 Å². The summed E-state index contributed by atoms with van der Waals surface area (Å²) in [6.07, 6.45) is -5.40. The van der Waals surface area contributed by atoms with E-state index in [0.717, 1.165) is 6.07 Å². The molecule has 1 N–H and O–H groups in total. The molecule has 0 aromatic heterocycles. The number of alkyl halides is 3. The lowest BCUT2D eigenvalue weighted by Gasteiger charge is -2.35. The van der Waals surface area contributed by atoms with E-state index < -0.39 is 24.5 Å². The van der Waals surface area contributed by atoms with Crippen molar-refractivity contribution in [3.8, 4) is 5.75 Å². The molecule has 25 heavy (non-hydrogen) atoms. The average Bonchev–Trinajstić information content (AvgIpc) is 2.48. The van der Waals surface area contributed by atoms with Gasteiger partial charge < -0.3 is 10.1 Å². The lowest BCUT2D eigenvalue weighted by atomic mass is 10.0. The molecule has 0 saturated carbocycles. The summed E-state index contributed by atoms with van der Waals surface area (Å²) in [6.45, 7) is 4.03. The highest BCUT2D eigenvalue weighted by molar-refractivity contribution is 6.32. The van der Waals surface area contributed by atoms with Crippen molar-refractivity contribution in [1.29, 1.82) is 0 Å². The minimum absolute atomic E-state index is 0. The minimum atomic E-state index is -4.35. The van der Waals surface area contributed by atoms with Crippen LogP contribution in [0, 0.1) is 5.82 Å². The van der Waals surface area contributed by atoms with Crippen LogP contribution in [0.4, 0.5) is 17.6 Å². The molecule has 0 radical (unpaired) electrons. The summed E-state index contributed by atoms with van der Waals surface area (Å²) >= 11 is 5.99. The molecule has 1 aromatic carbocycles. The molecule has 0 spiro atoms. The highest BCUT2D eigenvalue weighted by atomic mass is 35.5. The third-order valence-electron chi connectivity index (χ3n) is 3.71. The van der Waals surface area contributed by atoms with Crippen LogP contribution in [-0.4, -0.2) is 43.9 Å². The van der Waals surface area contributed by atoms with E-state index in [1.807, 2.05) is 0 Å². The molecule has 0 amide bonds. The zero-order valence-electron chi connectivity index (χ0n) is 13.5. The Morgan fingerprint density at radius 3 is 2.32 bits per heavy atom. The Morgan fingerprint density at radius 1 is 1.24 bits per heavy atom. The van der Waals surface area contributed by atoms with E-state index >= 15 is 0 Å². The Morgan fingerprint density at radius 2 is 1.84 bits per heavy atom. The maximum Gasteiger partial charge on any atom is 0.390 e. The molecule has 1 aromatic rings. The standard InChI is InChI=1S/C15H19ClF4N2O.2ClH/c1-2-23-14-11(16)7-10(8-12(14)17)13(9-15(18,19)20)22-5-3-21-4-6-22;;/h7-8,13,21H,2-6,9H2,1H3;2*1H/t13-;;/m0../s1. The summed E-state index contributed by atoms with van der Waals surface area (Å²) < 4.78 is 58.1. The van der Waals surface area contributed by atoms with Crippen LogP contribution in [-0.2, 0) is 0 Å². The van der Waals surface area contributed by atoms with E-state index in [0.29, 0.717) is 26.2 Å². The molecule has 0 bridgehead atoms. The first-order valence-electron chi connectivity index (χ1n) is 7.45. The molecular weight excluding hydrogens is 407 g/mol. The molecule has 1 fully saturated rings. The van der Waals surface area contributed by atoms with Crippen LogP contribution >= 0.6 is 36.4 Å². The van der Waals surface area contributed by atoms with Gasteiger partial charge in [0.1, 0.15) is 0 Å². The molecule has 0 aliphatic carbocycles. The van der Waals surface area contributed by atoms with Crippen LogP contribution in [0.5, 0.6) is 5.75 Å². The first kappa shape index (κ1) is 24.5. The normalized spacial score (nSPS) is 16.6. The van der Waals surface area contributed by atoms with Gasteiger partial charge in [-0.05, 0) is 24.6 Å². The Hall–Kier alpha value is -0.470. The number of piperazine rings is 1. The van der Waals surface area contributed by atoms with Crippen molar-refractivity contribution in [2.24, 2.45) is 0 Å². The summed E-state index contributed by atoms with van der Waals surface area (Å²) in [4.78, 5) is 1.70. The van der Waals surface area contributed by atoms with Gasteiger partial charge in [0.05, 0.1) is 18.1 Å². The zero-order chi connectivity index (χ0) is 17.0. The SMILES string of the molecule is CCOc1c(F)cc([C@H](CC(F)(F)F)N2CCNCC2)cc1Cl.Cl.Cl. The highest BCUT2D eigenvalue weighted by Crippen LogP contribution is 2.38. The van der Waals surface area contributed by atoms with E-state index in [-0.39, 0.29) is 47.8 Å². The van der Waals surface area contributed by atoms with Gasteiger partial charge in [-0.2, -0.15) is 13.2 Å². The Bertz CT molecular complexity index is 517. The molecule has 3 nitrogen and oxygen atoms in total. The summed E-state index contributed by atoms with van der Waals surface area (Å²) in [7, 11) is 0. The molecule has 0 unspecified atom stereocenters. The highest BCUT2D eigenvalue weighted by Gasteiger charge is 2.36. The van der Waals surface area contributed by atoms with Crippen molar-refractivity contribution in [1.82, 2.24) is 10.2 Å². The number of nitrogens with one attached hydrogen (secondary N) is 1. The van der Waals surface area contributed by atoms with Crippen molar-refractivity contribution >= 4 is 36.4 Å². The van der Waals surface area contributed by atoms with Gasteiger partial charge in [0.15, 0.2) is 11.6 Å². The van der Waals surface area contributed by atoms with Crippen LogP contribution in [0.25, 0.3) is 0 Å². The monoisotopic (exact) mass is 426 g/mol. The van der Waals surface area contributed by atoms with Crippen molar-refractivity contribution in [2.45, 2.75) is 25.6 Å². The number of nitrogens with zero attached hydrogens (tertiary/aromatic N) is 1. The molecule has 1 atom stereocenters. The molecule has 10 heteroatoms. The maximum absolute atomic E-state index is 14.1. The number of hydrogen-bond donors (Lipinski definition) is 1. The van der Waals surface area contributed by atoms with Gasteiger partial charge in [-0.3, -0.25) is 4.90 Å². The van der Waals surface area contributed by atoms with Gasteiger partial charge in [0.25, 0.3) is 0 Å². The topological polar surface area (TPSA) is 24.5 Å². The van der Waals surface area contributed by atoms with E-state index in [2.05, 4.69) is 5.32 Å². The third kappa shape index (κ3) is 6.98. The van der Waals surface area contributed by atoms with Gasteiger partial charge >= 0.3 is 6.18 Å². The van der Waals surface area contributed by atoms with Crippen LogP contribution < -0.4 is 10.1 Å². The first-order chi connectivity index (χ1) is 10.8. The third-order valence-corrected chi connectivity index (χ3v) is 3.99. The molecule has 1 aliphatic heterocycles. The van der Waals surface area contributed by atoms with Gasteiger partial charge in [-0.25, -0.2) is 4.39 Å². The van der Waals surface area contributed by atoms with Crippen molar-refractivity contribution < 1.29 is 22.3 Å². The van der Waals surface area contributed by atoms with Crippen LogP contribution in [0.1, 0.15) is 24.9 Å². The Balaban J connectivity index is 0.00000288. The molecule has 1 saturated heterocycles. The van der Waals surface area contributed by atoms with Crippen LogP contribution in [0.2, 0.25) is 5.02 Å². The fraction of sp³-hybridized carbons (Fsp3) is 0.600. The van der Waals surface area contributed by atoms with Crippen molar-refractivity contribution in [3.05, 3.63) is 28.5 Å². The van der Waals surface area contributed by atoms with E-state index in [1.54, 1.807) is 11.8 Å². The summed E-state index contributed by atoms with van der Waals surface area (Å²) in [5.41, 5.74) is 0.218. The zero-order valence-corrected chi connectivity index (χ0v) is 15.9. The second-order valence-corrected chi connectivity index (χ2v) is 5.77. The van der Waals surface area contributed by atoms with Gasteiger partial charge in [-0.15, -0.1) is 24.8 Å². The van der Waals surface area contributed by atoms with Crippen molar-refractivity contribution in [2.75, 3.05) is 32.8 Å². The van der Waals surface area contributed by atoms with E-state index in [1.165, 1.54) is 6.07 Å².